The van der Waals surface area contributed by atoms with Crippen LogP contribution in [0.2, 0.25) is 0 Å². The highest BCUT2D eigenvalue weighted by molar-refractivity contribution is 6.05. The van der Waals surface area contributed by atoms with E-state index in [0.717, 1.165) is 33.2 Å². The number of nitriles is 1. The maximum Gasteiger partial charge on any atom is 0.190 e. The number of nitrogens with zero attached hydrogens (tertiary/aromatic N) is 5. The van der Waals surface area contributed by atoms with Crippen molar-refractivity contribution in [2.45, 2.75) is 0 Å². The Morgan fingerprint density at radius 2 is 1.86 bits per heavy atom. The fraction of sp³-hybridized carbons (Fsp3) is 0. The van der Waals surface area contributed by atoms with E-state index in [9.17, 15) is 5.26 Å². The highest BCUT2D eigenvalue weighted by atomic mass is 15.1. The Morgan fingerprint density at radius 1 is 0.931 bits per heavy atom. The molecule has 0 fully saturated rings. The molecule has 134 valence electrons. The van der Waals surface area contributed by atoms with E-state index in [1.807, 2.05) is 47.2 Å². The number of rotatable bonds is 2. The Kier molecular flexibility index (Phi) is 3.79. The lowest BCUT2D eigenvalue weighted by Crippen LogP contribution is -1.99. The molecule has 0 amide bonds. The van der Waals surface area contributed by atoms with Gasteiger partial charge in [0.1, 0.15) is 5.52 Å². The first-order valence-electron chi connectivity index (χ1n) is 8.97. The fourth-order valence-corrected chi connectivity index (χ4v) is 3.53. The zero-order valence-electron chi connectivity index (χ0n) is 15.2. The predicted molar refractivity (Wildman–Crippen MR) is 112 cm³/mol. The summed E-state index contributed by atoms with van der Waals surface area (Å²) in [6.07, 6.45) is 11.1. The van der Waals surface area contributed by atoms with Crippen molar-refractivity contribution in [1.29, 1.82) is 5.26 Å². The molecule has 0 unspecified atom stereocenters. The third kappa shape index (κ3) is 2.70. The molecule has 0 saturated heterocycles. The lowest BCUT2D eigenvalue weighted by molar-refractivity contribution is 1.06. The fourth-order valence-electron chi connectivity index (χ4n) is 3.53. The minimum absolute atomic E-state index is 0.469. The average Bonchev–Trinajstić information content (AvgIpc) is 3.18. The van der Waals surface area contributed by atoms with Gasteiger partial charge in [-0.05, 0) is 47.9 Å². The first-order chi connectivity index (χ1) is 14.3. The Bertz CT molecular complexity index is 1470. The largest absolute Gasteiger partial charge is 0.285 e. The van der Waals surface area contributed by atoms with Crippen molar-refractivity contribution >= 4 is 21.9 Å². The molecule has 0 aliphatic heterocycles. The number of fused-ring (bicyclic) bond motifs is 3. The first-order valence-corrected chi connectivity index (χ1v) is 8.97. The van der Waals surface area contributed by atoms with E-state index in [1.54, 1.807) is 24.5 Å². The van der Waals surface area contributed by atoms with Gasteiger partial charge in [-0.15, -0.1) is 6.42 Å². The summed E-state index contributed by atoms with van der Waals surface area (Å²) in [6.45, 7) is 0. The molecule has 29 heavy (non-hydrogen) atoms. The lowest BCUT2D eigenvalue weighted by atomic mass is 10.0. The number of imidazole rings is 1. The Hall–Kier alpha value is -4.48. The van der Waals surface area contributed by atoms with Crippen LogP contribution in [0.3, 0.4) is 0 Å². The molecule has 0 N–H and O–H groups in total. The minimum atomic E-state index is 0.469. The van der Waals surface area contributed by atoms with Gasteiger partial charge < -0.3 is 0 Å². The molecule has 5 aromatic rings. The smallest absolute Gasteiger partial charge is 0.190 e. The van der Waals surface area contributed by atoms with E-state index in [1.165, 1.54) is 0 Å². The molecule has 3 aromatic heterocycles. The van der Waals surface area contributed by atoms with Crippen LogP contribution in [0.5, 0.6) is 0 Å². The lowest BCUT2D eigenvalue weighted by Gasteiger charge is -2.10. The van der Waals surface area contributed by atoms with Crippen molar-refractivity contribution in [2.24, 2.45) is 0 Å². The van der Waals surface area contributed by atoms with Gasteiger partial charge in [-0.25, -0.2) is 4.98 Å². The third-order valence-electron chi connectivity index (χ3n) is 4.84. The molecule has 5 nitrogen and oxygen atoms in total. The van der Waals surface area contributed by atoms with Crippen molar-refractivity contribution in [3.05, 3.63) is 84.6 Å². The van der Waals surface area contributed by atoms with Gasteiger partial charge in [0.2, 0.25) is 0 Å². The first kappa shape index (κ1) is 16.7. The van der Waals surface area contributed by atoms with Gasteiger partial charge in [0, 0.05) is 29.0 Å². The number of pyridine rings is 2. The van der Waals surface area contributed by atoms with Crippen molar-refractivity contribution < 1.29 is 0 Å². The molecule has 2 aromatic carbocycles. The zero-order valence-corrected chi connectivity index (χ0v) is 15.2. The van der Waals surface area contributed by atoms with Crippen LogP contribution in [-0.4, -0.2) is 19.5 Å². The number of hydrogen-bond donors (Lipinski definition) is 0. The summed E-state index contributed by atoms with van der Waals surface area (Å²) in [5.74, 6) is 3.13. The second kappa shape index (κ2) is 6.60. The summed E-state index contributed by atoms with van der Waals surface area (Å²) >= 11 is 0. The molecule has 5 rings (SSSR count). The van der Waals surface area contributed by atoms with E-state index in [2.05, 4.69) is 33.0 Å². The van der Waals surface area contributed by atoms with Gasteiger partial charge in [-0.3, -0.25) is 14.5 Å². The number of terminal acetylenes is 1. The second-order valence-electron chi connectivity index (χ2n) is 6.54. The van der Waals surface area contributed by atoms with E-state index >= 15 is 0 Å². The van der Waals surface area contributed by atoms with Crippen LogP contribution in [0.25, 0.3) is 38.8 Å². The normalized spacial score (nSPS) is 10.7. The summed E-state index contributed by atoms with van der Waals surface area (Å²) < 4.78 is 1.91. The molecule has 0 aliphatic rings. The van der Waals surface area contributed by atoms with Crippen LogP contribution < -0.4 is 0 Å². The second-order valence-corrected chi connectivity index (χ2v) is 6.54. The molecular formula is C24H13N5. The molecule has 0 bridgehead atoms. The van der Waals surface area contributed by atoms with Gasteiger partial charge in [-0.1, -0.05) is 18.2 Å². The summed E-state index contributed by atoms with van der Waals surface area (Å²) in [5.41, 5.74) is 5.80. The molecule has 0 saturated carbocycles. The van der Waals surface area contributed by atoms with Crippen molar-refractivity contribution in [3.63, 3.8) is 0 Å². The van der Waals surface area contributed by atoms with E-state index < -0.39 is 0 Å². The van der Waals surface area contributed by atoms with Crippen molar-refractivity contribution in [3.8, 4) is 35.2 Å². The maximum absolute atomic E-state index is 9.30. The van der Waals surface area contributed by atoms with Crippen LogP contribution in [0, 0.1) is 23.7 Å². The number of benzene rings is 2. The van der Waals surface area contributed by atoms with Gasteiger partial charge >= 0.3 is 0 Å². The monoisotopic (exact) mass is 371 g/mol. The van der Waals surface area contributed by atoms with Crippen molar-refractivity contribution in [1.82, 2.24) is 19.5 Å². The van der Waals surface area contributed by atoms with E-state index in [0.29, 0.717) is 16.9 Å². The maximum atomic E-state index is 9.30. The molecule has 5 heteroatoms. The Labute approximate surface area is 166 Å². The molecule has 3 heterocycles. The number of hydrogen-bond acceptors (Lipinski definition) is 4. The SMILES string of the molecule is C#Cc1nc2cnc3ccc(-c4cccnc4)cc3c2n1-c1cccc(C#N)c1. The summed E-state index contributed by atoms with van der Waals surface area (Å²) in [7, 11) is 0. The quantitative estimate of drug-likeness (QED) is 0.429. The summed E-state index contributed by atoms with van der Waals surface area (Å²) in [6, 6.07) is 19.5. The van der Waals surface area contributed by atoms with Crippen LogP contribution in [0.4, 0.5) is 0 Å². The minimum Gasteiger partial charge on any atom is -0.285 e. The molecule has 0 radical (unpaired) electrons. The van der Waals surface area contributed by atoms with Crippen LogP contribution in [0.1, 0.15) is 11.4 Å². The van der Waals surface area contributed by atoms with E-state index in [-0.39, 0.29) is 0 Å². The van der Waals surface area contributed by atoms with Gasteiger partial charge in [0.25, 0.3) is 0 Å². The molecule has 0 spiro atoms. The standard InChI is InChI=1S/C24H13N5/c1-2-23-28-22-15-27-21-9-8-17(18-6-4-10-26-14-18)12-20(21)24(22)29(23)19-7-3-5-16(11-19)13-25/h1,3-12,14-15H. The van der Waals surface area contributed by atoms with Gasteiger partial charge in [0.05, 0.1) is 28.9 Å². The van der Waals surface area contributed by atoms with Crippen LogP contribution in [0.15, 0.2) is 73.2 Å². The molecular weight excluding hydrogens is 358 g/mol. The van der Waals surface area contributed by atoms with Crippen LogP contribution >= 0.6 is 0 Å². The van der Waals surface area contributed by atoms with Crippen LogP contribution in [-0.2, 0) is 0 Å². The van der Waals surface area contributed by atoms with E-state index in [4.69, 9.17) is 6.42 Å². The number of aromatic nitrogens is 4. The Balaban J connectivity index is 1.88. The van der Waals surface area contributed by atoms with Gasteiger partial charge in [0.15, 0.2) is 5.82 Å². The Morgan fingerprint density at radius 3 is 2.66 bits per heavy atom. The summed E-state index contributed by atoms with van der Waals surface area (Å²) in [4.78, 5) is 13.3. The highest BCUT2D eigenvalue weighted by Crippen LogP contribution is 2.31. The topological polar surface area (TPSA) is 67.4 Å². The predicted octanol–water partition coefficient (Wildman–Crippen LogP) is 4.49. The molecule has 0 aliphatic carbocycles. The molecule has 0 atom stereocenters. The summed E-state index contributed by atoms with van der Waals surface area (Å²) in [5, 5.41) is 10.2. The average molecular weight is 371 g/mol. The zero-order chi connectivity index (χ0) is 19.8. The van der Waals surface area contributed by atoms with Gasteiger partial charge in [-0.2, -0.15) is 5.26 Å². The highest BCUT2D eigenvalue weighted by Gasteiger charge is 2.16. The third-order valence-corrected chi connectivity index (χ3v) is 4.84. The van der Waals surface area contributed by atoms with Crippen molar-refractivity contribution in [2.75, 3.05) is 0 Å².